The molecule has 18 heavy (non-hydrogen) atoms. The Morgan fingerprint density at radius 3 is 2.61 bits per heavy atom. The third kappa shape index (κ3) is 3.05. The fourth-order valence-electron chi connectivity index (χ4n) is 2.28. The van der Waals surface area contributed by atoms with Gasteiger partial charge in [0.25, 0.3) is 0 Å². The molecular formula is C15H23ClN2. The molecule has 1 aromatic carbocycles. The Balaban J connectivity index is 1.92. The van der Waals surface area contributed by atoms with E-state index in [0.717, 1.165) is 24.4 Å². The van der Waals surface area contributed by atoms with Crippen LogP contribution in [0.25, 0.3) is 0 Å². The summed E-state index contributed by atoms with van der Waals surface area (Å²) in [7, 11) is 4.26. The lowest BCUT2D eigenvalue weighted by molar-refractivity contribution is 0.184. The second kappa shape index (κ2) is 5.20. The van der Waals surface area contributed by atoms with Gasteiger partial charge in [-0.3, -0.25) is 0 Å². The van der Waals surface area contributed by atoms with Crippen LogP contribution in [0.1, 0.15) is 25.0 Å². The topological polar surface area (TPSA) is 15.3 Å². The second-order valence-electron chi connectivity index (χ2n) is 6.11. The van der Waals surface area contributed by atoms with Crippen molar-refractivity contribution in [1.82, 2.24) is 10.2 Å². The zero-order chi connectivity index (χ0) is 13.3. The zero-order valence-corrected chi connectivity index (χ0v) is 12.5. The molecule has 1 unspecified atom stereocenters. The molecule has 1 aliphatic rings. The van der Waals surface area contributed by atoms with Crippen LogP contribution < -0.4 is 5.32 Å². The third-order valence-corrected chi connectivity index (χ3v) is 4.37. The Morgan fingerprint density at radius 1 is 1.28 bits per heavy atom. The fourth-order valence-corrected chi connectivity index (χ4v) is 2.48. The van der Waals surface area contributed by atoms with Gasteiger partial charge in [0.2, 0.25) is 0 Å². The summed E-state index contributed by atoms with van der Waals surface area (Å²) in [5.74, 6) is 0. The molecule has 1 atom stereocenters. The van der Waals surface area contributed by atoms with Gasteiger partial charge in [-0.15, -0.1) is 0 Å². The van der Waals surface area contributed by atoms with Gasteiger partial charge in [0.1, 0.15) is 0 Å². The minimum absolute atomic E-state index is 0.187. The molecule has 0 aliphatic heterocycles. The molecule has 0 heterocycles. The molecule has 1 aliphatic carbocycles. The summed E-state index contributed by atoms with van der Waals surface area (Å²) in [6.45, 7) is 5.53. The molecule has 100 valence electrons. The van der Waals surface area contributed by atoms with Crippen LogP contribution in [0.15, 0.2) is 18.2 Å². The van der Waals surface area contributed by atoms with Gasteiger partial charge in [-0.2, -0.15) is 0 Å². The second-order valence-corrected chi connectivity index (χ2v) is 6.54. The largest absolute Gasteiger partial charge is 0.311 e. The minimum Gasteiger partial charge on any atom is -0.311 e. The minimum atomic E-state index is 0.187. The molecule has 0 saturated carbocycles. The predicted molar refractivity (Wildman–Crippen MR) is 78.4 cm³/mol. The maximum Gasteiger partial charge on any atom is 0.0408 e. The summed E-state index contributed by atoms with van der Waals surface area (Å²) in [6, 6.07) is 6.82. The Morgan fingerprint density at radius 2 is 1.94 bits per heavy atom. The van der Waals surface area contributed by atoms with Gasteiger partial charge in [-0.1, -0.05) is 17.7 Å². The first-order valence-electron chi connectivity index (χ1n) is 6.56. The van der Waals surface area contributed by atoms with Crippen molar-refractivity contribution in [3.8, 4) is 0 Å². The molecule has 2 rings (SSSR count). The van der Waals surface area contributed by atoms with Crippen LogP contribution in [-0.4, -0.2) is 37.1 Å². The van der Waals surface area contributed by atoms with Gasteiger partial charge in [-0.25, -0.2) is 0 Å². The standard InChI is InChI=1S/C15H23ClN2/c1-15(2,18(3)4)10-17-14-8-11-5-6-13(16)7-12(11)9-14/h5-7,14,17H,8-10H2,1-4H3. The third-order valence-electron chi connectivity index (χ3n) is 4.13. The van der Waals surface area contributed by atoms with Crippen LogP contribution in [0, 0.1) is 0 Å². The van der Waals surface area contributed by atoms with E-state index in [-0.39, 0.29) is 5.54 Å². The summed E-state index contributed by atoms with van der Waals surface area (Å²) in [4.78, 5) is 2.26. The number of fused-ring (bicyclic) bond motifs is 1. The summed E-state index contributed by atoms with van der Waals surface area (Å²) < 4.78 is 0. The number of hydrogen-bond donors (Lipinski definition) is 1. The van der Waals surface area contributed by atoms with Crippen molar-refractivity contribution in [2.24, 2.45) is 0 Å². The van der Waals surface area contributed by atoms with Gasteiger partial charge in [0, 0.05) is 23.1 Å². The van der Waals surface area contributed by atoms with Crippen molar-refractivity contribution in [2.75, 3.05) is 20.6 Å². The molecule has 0 spiro atoms. The van der Waals surface area contributed by atoms with E-state index in [4.69, 9.17) is 11.6 Å². The SMILES string of the molecule is CN(C)C(C)(C)CNC1Cc2ccc(Cl)cc2C1. The van der Waals surface area contributed by atoms with Crippen LogP contribution >= 0.6 is 11.6 Å². The molecule has 2 nitrogen and oxygen atoms in total. The van der Waals surface area contributed by atoms with Crippen molar-refractivity contribution in [3.63, 3.8) is 0 Å². The van der Waals surface area contributed by atoms with E-state index in [2.05, 4.69) is 50.3 Å². The van der Waals surface area contributed by atoms with Gasteiger partial charge >= 0.3 is 0 Å². The Hall–Kier alpha value is -0.570. The lowest BCUT2D eigenvalue weighted by atomic mass is 10.0. The maximum absolute atomic E-state index is 6.04. The first-order chi connectivity index (χ1) is 8.38. The number of nitrogens with zero attached hydrogens (tertiary/aromatic N) is 1. The Kier molecular flexibility index (Phi) is 4.00. The summed E-state index contributed by atoms with van der Waals surface area (Å²) in [5, 5.41) is 4.53. The molecule has 0 radical (unpaired) electrons. The normalized spacial score (nSPS) is 19.3. The monoisotopic (exact) mass is 266 g/mol. The van der Waals surface area contributed by atoms with E-state index < -0.39 is 0 Å². The molecule has 1 N–H and O–H groups in total. The predicted octanol–water partition coefficient (Wildman–Crippen LogP) is 2.74. The zero-order valence-electron chi connectivity index (χ0n) is 11.8. The van der Waals surface area contributed by atoms with E-state index in [9.17, 15) is 0 Å². The van der Waals surface area contributed by atoms with E-state index in [0.29, 0.717) is 6.04 Å². The Bertz CT molecular complexity index is 427. The van der Waals surface area contributed by atoms with E-state index in [1.165, 1.54) is 11.1 Å². The van der Waals surface area contributed by atoms with Gasteiger partial charge in [0.05, 0.1) is 0 Å². The van der Waals surface area contributed by atoms with Gasteiger partial charge < -0.3 is 10.2 Å². The average Bonchev–Trinajstić information content (AvgIpc) is 2.68. The molecule has 1 aromatic rings. The van der Waals surface area contributed by atoms with Crippen molar-refractivity contribution >= 4 is 11.6 Å². The molecular weight excluding hydrogens is 244 g/mol. The van der Waals surface area contributed by atoms with Crippen molar-refractivity contribution in [3.05, 3.63) is 34.3 Å². The average molecular weight is 267 g/mol. The highest BCUT2D eigenvalue weighted by Gasteiger charge is 2.25. The van der Waals surface area contributed by atoms with E-state index in [1.54, 1.807) is 0 Å². The van der Waals surface area contributed by atoms with Crippen molar-refractivity contribution in [2.45, 2.75) is 38.3 Å². The molecule has 0 saturated heterocycles. The first kappa shape index (κ1) is 13.9. The number of benzene rings is 1. The van der Waals surface area contributed by atoms with Crippen LogP contribution in [0.5, 0.6) is 0 Å². The molecule has 0 aromatic heterocycles. The molecule has 0 amide bonds. The molecule has 3 heteroatoms. The summed E-state index contributed by atoms with van der Waals surface area (Å²) in [5.41, 5.74) is 3.04. The number of likely N-dealkylation sites (N-methyl/N-ethyl adjacent to an activating group) is 1. The Labute approximate surface area is 115 Å². The summed E-state index contributed by atoms with van der Waals surface area (Å²) in [6.07, 6.45) is 2.22. The van der Waals surface area contributed by atoms with E-state index in [1.807, 2.05) is 6.07 Å². The van der Waals surface area contributed by atoms with Crippen LogP contribution in [0.2, 0.25) is 5.02 Å². The highest BCUT2D eigenvalue weighted by molar-refractivity contribution is 6.30. The highest BCUT2D eigenvalue weighted by Crippen LogP contribution is 2.25. The maximum atomic E-state index is 6.04. The first-order valence-corrected chi connectivity index (χ1v) is 6.94. The number of nitrogens with one attached hydrogen (secondary N) is 1. The smallest absolute Gasteiger partial charge is 0.0408 e. The lowest BCUT2D eigenvalue weighted by Gasteiger charge is -2.34. The van der Waals surface area contributed by atoms with Gasteiger partial charge in [-0.05, 0) is 64.0 Å². The number of hydrogen-bond acceptors (Lipinski definition) is 2. The highest BCUT2D eigenvalue weighted by atomic mass is 35.5. The number of halogens is 1. The van der Waals surface area contributed by atoms with Crippen LogP contribution in [0.3, 0.4) is 0 Å². The number of rotatable bonds is 4. The quantitative estimate of drug-likeness (QED) is 0.902. The lowest BCUT2D eigenvalue weighted by Crippen LogP contribution is -2.49. The van der Waals surface area contributed by atoms with E-state index >= 15 is 0 Å². The van der Waals surface area contributed by atoms with Crippen molar-refractivity contribution in [1.29, 1.82) is 0 Å². The fraction of sp³-hybridized carbons (Fsp3) is 0.600. The van der Waals surface area contributed by atoms with Crippen LogP contribution in [0.4, 0.5) is 0 Å². The van der Waals surface area contributed by atoms with Crippen LogP contribution in [-0.2, 0) is 12.8 Å². The van der Waals surface area contributed by atoms with Gasteiger partial charge in [0.15, 0.2) is 0 Å². The van der Waals surface area contributed by atoms with Crippen molar-refractivity contribution < 1.29 is 0 Å². The molecule has 0 fully saturated rings. The molecule has 0 bridgehead atoms. The summed E-state index contributed by atoms with van der Waals surface area (Å²) >= 11 is 6.04.